The summed E-state index contributed by atoms with van der Waals surface area (Å²) in [6, 6.07) is 0. The van der Waals surface area contributed by atoms with Crippen LogP contribution in [0.5, 0.6) is 0 Å². The van der Waals surface area contributed by atoms with Gasteiger partial charge in [-0.25, -0.2) is 4.57 Å². The van der Waals surface area contributed by atoms with Gasteiger partial charge in [-0.1, -0.05) is 261 Å². The molecule has 0 amide bonds. The number of hydrogen-bond donors (Lipinski definition) is 1. The van der Waals surface area contributed by atoms with Gasteiger partial charge in [-0.15, -0.1) is 0 Å². The minimum Gasteiger partial charge on any atom is -0.457 e. The van der Waals surface area contributed by atoms with Crippen molar-refractivity contribution in [3.63, 3.8) is 0 Å². The fraction of sp³-hybridized carbons (Fsp3) is 0.828. The average Bonchev–Trinajstić information content (AvgIpc) is 3.35. The van der Waals surface area contributed by atoms with Crippen molar-refractivity contribution in [3.05, 3.63) is 60.8 Å². The molecule has 0 radical (unpaired) electrons. The smallest absolute Gasteiger partial charge is 0.457 e. The van der Waals surface area contributed by atoms with Gasteiger partial charge in [0.05, 0.1) is 34.4 Å². The molecule has 0 rings (SSSR count). The number of likely N-dealkylation sites (N-methyl/N-ethyl adjacent to an activating group) is 1. The summed E-state index contributed by atoms with van der Waals surface area (Å²) in [7, 11) is 1.67. The Balaban J connectivity index is 4.02. The van der Waals surface area contributed by atoms with E-state index < -0.39 is 13.9 Å². The molecule has 9 heteroatoms. The zero-order chi connectivity index (χ0) is 53.3. The van der Waals surface area contributed by atoms with Crippen LogP contribution in [-0.2, 0) is 27.9 Å². The standard InChI is InChI=1S/C64H120NO7P/c1-6-8-10-12-14-16-18-20-22-24-26-28-30-32-34-36-38-40-42-44-46-48-50-52-54-56-59-69-61-63(62-71-73(67,68)70-60-58-65(3,4)5)72-64(66)57-55-53-51-49-47-45-43-41-39-37-35-33-31-29-27-25-23-21-19-17-15-13-11-9-7-2/h9,11,15,17,21,23-24,26-27,29,63H,6-8,10,12-14,16,18-20,22,25,28,30-62H2,1-5H3/p+1/b11-9-,17-15-,23-21-,26-24-,29-27-. The van der Waals surface area contributed by atoms with Crippen LogP contribution in [0.2, 0.25) is 0 Å². The summed E-state index contributed by atoms with van der Waals surface area (Å²) in [6.45, 7) is 5.55. The third-order valence-electron chi connectivity index (χ3n) is 13.6. The van der Waals surface area contributed by atoms with Gasteiger partial charge in [-0.2, -0.15) is 0 Å². The van der Waals surface area contributed by atoms with Gasteiger partial charge in [0.1, 0.15) is 19.3 Å². The van der Waals surface area contributed by atoms with Crippen molar-refractivity contribution >= 4 is 13.8 Å². The van der Waals surface area contributed by atoms with Crippen molar-refractivity contribution in [1.29, 1.82) is 0 Å². The lowest BCUT2D eigenvalue weighted by Gasteiger charge is -2.24. The van der Waals surface area contributed by atoms with E-state index in [4.69, 9.17) is 18.5 Å². The summed E-state index contributed by atoms with van der Waals surface area (Å²) in [5.41, 5.74) is 0. The Morgan fingerprint density at radius 3 is 1.21 bits per heavy atom. The normalized spacial score (nSPS) is 13.8. The van der Waals surface area contributed by atoms with Gasteiger partial charge < -0.3 is 18.9 Å². The number of hydrogen-bond acceptors (Lipinski definition) is 6. The largest absolute Gasteiger partial charge is 0.472 e. The van der Waals surface area contributed by atoms with Gasteiger partial charge >= 0.3 is 13.8 Å². The molecule has 73 heavy (non-hydrogen) atoms. The van der Waals surface area contributed by atoms with E-state index in [1.165, 1.54) is 205 Å². The van der Waals surface area contributed by atoms with Gasteiger partial charge in [0.15, 0.2) is 0 Å². The predicted molar refractivity (Wildman–Crippen MR) is 316 cm³/mol. The van der Waals surface area contributed by atoms with Crippen LogP contribution in [0.15, 0.2) is 60.8 Å². The molecule has 0 aromatic carbocycles. The number of phosphoric acid groups is 1. The van der Waals surface area contributed by atoms with Crippen molar-refractivity contribution in [1.82, 2.24) is 0 Å². The number of nitrogens with zero attached hydrogens (tertiary/aromatic N) is 1. The summed E-state index contributed by atoms with van der Waals surface area (Å²) in [4.78, 5) is 23.1. The third-order valence-corrected chi connectivity index (χ3v) is 14.5. The zero-order valence-electron chi connectivity index (χ0n) is 48.9. The summed E-state index contributed by atoms with van der Waals surface area (Å²) in [5, 5.41) is 0. The monoisotopic (exact) mass is 1050 g/mol. The maximum absolute atomic E-state index is 12.8. The Bertz CT molecular complexity index is 1350. The molecule has 0 heterocycles. The minimum absolute atomic E-state index is 0.0878. The Labute approximate surface area is 453 Å². The zero-order valence-corrected chi connectivity index (χ0v) is 49.8. The molecule has 0 bridgehead atoms. The number of allylic oxidation sites excluding steroid dienone is 10. The van der Waals surface area contributed by atoms with Crippen molar-refractivity contribution in [3.8, 4) is 0 Å². The van der Waals surface area contributed by atoms with E-state index in [9.17, 15) is 14.3 Å². The molecule has 8 nitrogen and oxygen atoms in total. The number of quaternary nitrogens is 1. The lowest BCUT2D eigenvalue weighted by atomic mass is 10.0. The molecule has 428 valence electrons. The molecule has 0 aliphatic rings. The van der Waals surface area contributed by atoms with Crippen LogP contribution < -0.4 is 0 Å². The van der Waals surface area contributed by atoms with E-state index in [0.29, 0.717) is 24.1 Å². The molecule has 0 aliphatic heterocycles. The fourth-order valence-electron chi connectivity index (χ4n) is 8.84. The van der Waals surface area contributed by atoms with Gasteiger partial charge in [0, 0.05) is 13.0 Å². The molecular weight excluding hydrogens is 926 g/mol. The number of rotatable bonds is 58. The second kappa shape index (κ2) is 56.4. The van der Waals surface area contributed by atoms with Crippen LogP contribution in [-0.4, -0.2) is 75.6 Å². The molecule has 0 fully saturated rings. The molecule has 2 unspecified atom stereocenters. The molecular formula is C64H121NO7P+. The first-order valence-electron chi connectivity index (χ1n) is 31.0. The van der Waals surface area contributed by atoms with E-state index in [-0.39, 0.29) is 25.8 Å². The van der Waals surface area contributed by atoms with Crippen molar-refractivity contribution in [2.45, 2.75) is 290 Å². The summed E-state index contributed by atoms with van der Waals surface area (Å²) in [5.74, 6) is -0.313. The Kier molecular flexibility index (Phi) is 55.0. The Morgan fingerprint density at radius 2 is 0.795 bits per heavy atom. The van der Waals surface area contributed by atoms with E-state index >= 15 is 0 Å². The second-order valence-corrected chi connectivity index (χ2v) is 23.5. The van der Waals surface area contributed by atoms with Crippen LogP contribution in [0, 0.1) is 0 Å². The maximum atomic E-state index is 12.8. The molecule has 2 atom stereocenters. The highest BCUT2D eigenvalue weighted by Gasteiger charge is 2.26. The number of ether oxygens (including phenoxy) is 2. The number of esters is 1. The highest BCUT2D eigenvalue weighted by molar-refractivity contribution is 7.47. The molecule has 0 spiro atoms. The Hall–Kier alpha value is -1.80. The summed E-state index contributed by atoms with van der Waals surface area (Å²) >= 11 is 0. The fourth-order valence-corrected chi connectivity index (χ4v) is 9.58. The molecule has 0 aromatic rings. The average molecular weight is 1050 g/mol. The van der Waals surface area contributed by atoms with Gasteiger partial charge in [0.25, 0.3) is 0 Å². The molecule has 1 N–H and O–H groups in total. The van der Waals surface area contributed by atoms with Crippen LogP contribution in [0.3, 0.4) is 0 Å². The Morgan fingerprint density at radius 1 is 0.438 bits per heavy atom. The van der Waals surface area contributed by atoms with E-state index in [2.05, 4.69) is 74.6 Å². The van der Waals surface area contributed by atoms with Crippen molar-refractivity contribution in [2.24, 2.45) is 0 Å². The highest BCUT2D eigenvalue weighted by atomic mass is 31.2. The van der Waals surface area contributed by atoms with Crippen molar-refractivity contribution in [2.75, 3.05) is 54.1 Å². The predicted octanol–water partition coefficient (Wildman–Crippen LogP) is 20.0. The number of unbranched alkanes of at least 4 members (excludes halogenated alkanes) is 34. The molecule has 0 aromatic heterocycles. The van der Waals surface area contributed by atoms with Crippen LogP contribution in [0.25, 0.3) is 0 Å². The first kappa shape index (κ1) is 71.2. The van der Waals surface area contributed by atoms with Crippen molar-refractivity contribution < 1.29 is 37.3 Å². The number of phosphoric ester groups is 1. The maximum Gasteiger partial charge on any atom is 0.472 e. The molecule has 0 saturated carbocycles. The van der Waals surface area contributed by atoms with Gasteiger partial charge in [-0.3, -0.25) is 13.8 Å². The second-order valence-electron chi connectivity index (χ2n) is 22.1. The summed E-state index contributed by atoms with van der Waals surface area (Å²) < 4.78 is 35.3. The lowest BCUT2D eigenvalue weighted by Crippen LogP contribution is -2.37. The first-order chi connectivity index (χ1) is 35.6. The quantitative estimate of drug-likeness (QED) is 0.0213. The van der Waals surface area contributed by atoms with E-state index in [1.54, 1.807) is 0 Å². The molecule has 0 saturated heterocycles. The van der Waals surface area contributed by atoms with E-state index in [0.717, 1.165) is 57.8 Å². The van der Waals surface area contributed by atoms with E-state index in [1.807, 2.05) is 21.1 Å². The topological polar surface area (TPSA) is 91.3 Å². The summed E-state index contributed by atoms with van der Waals surface area (Å²) in [6.07, 6.45) is 74.4. The number of carbonyl (C=O) groups excluding carboxylic acids is 1. The van der Waals surface area contributed by atoms with Gasteiger partial charge in [-0.05, 0) is 77.0 Å². The van der Waals surface area contributed by atoms with Crippen LogP contribution in [0.4, 0.5) is 0 Å². The van der Waals surface area contributed by atoms with Gasteiger partial charge in [0.2, 0.25) is 0 Å². The molecule has 0 aliphatic carbocycles. The SMILES string of the molecule is CC/C=C\C/C=C\C/C=C\C/C=C\CCCCCCCCCCCCCCC(=O)OC(COCCCCCCCCCCCCCCCC/C=C\CCCCCCCCCC)COP(=O)(O)OCC[N+](C)(C)C. The third kappa shape index (κ3) is 60.9. The van der Waals surface area contributed by atoms with Crippen LogP contribution >= 0.6 is 7.82 Å². The minimum atomic E-state index is -4.29. The lowest BCUT2D eigenvalue weighted by molar-refractivity contribution is -0.870. The van der Waals surface area contributed by atoms with Crippen LogP contribution in [0.1, 0.15) is 284 Å². The number of carbonyl (C=O) groups is 1. The first-order valence-corrected chi connectivity index (χ1v) is 32.5. The highest BCUT2D eigenvalue weighted by Crippen LogP contribution is 2.43.